The van der Waals surface area contributed by atoms with Crippen LogP contribution >= 0.6 is 8.60 Å². The molecule has 1 saturated heterocycles. The Hall–Kier alpha value is -1.05. The predicted molar refractivity (Wildman–Crippen MR) is 69.8 cm³/mol. The summed E-state index contributed by atoms with van der Waals surface area (Å²) in [6.07, 6.45) is 4.27. The van der Waals surface area contributed by atoms with Crippen LogP contribution in [0.2, 0.25) is 0 Å². The summed E-state index contributed by atoms with van der Waals surface area (Å²) >= 11 is 0. The Balaban J connectivity index is 2.46. The van der Waals surface area contributed by atoms with Crippen LogP contribution in [-0.4, -0.2) is 52.9 Å². The van der Waals surface area contributed by atoms with Gasteiger partial charge in [0.15, 0.2) is 0 Å². The fourth-order valence-electron chi connectivity index (χ4n) is 1.61. The van der Waals surface area contributed by atoms with Crippen LogP contribution in [0.5, 0.6) is 0 Å². The van der Waals surface area contributed by atoms with Gasteiger partial charge in [0.2, 0.25) is 6.41 Å². The molecule has 1 aliphatic heterocycles. The Morgan fingerprint density at radius 2 is 2.37 bits per heavy atom. The molecular formula is C10H18N3O5P. The highest BCUT2D eigenvalue weighted by molar-refractivity contribution is 7.39. The monoisotopic (exact) mass is 291 g/mol. The standard InChI is InChI=1S/C10H18N3O5P/c1-12-9(11)4-5-13(7-14)10-3-2-8(18-10)6-17-19(15)16/h4-5,7-8,10,15-16H,2-3,6H2,1H3,(H2,11,12)/b5-4-/t8-,10+/m0/s1. The lowest BCUT2D eigenvalue weighted by atomic mass is 10.2. The maximum Gasteiger partial charge on any atom is 0.327 e. The molecule has 4 N–H and O–H groups in total. The van der Waals surface area contributed by atoms with E-state index in [0.29, 0.717) is 25.1 Å². The maximum atomic E-state index is 11.0. The van der Waals surface area contributed by atoms with Crippen LogP contribution in [0.1, 0.15) is 12.8 Å². The molecule has 2 atom stereocenters. The summed E-state index contributed by atoms with van der Waals surface area (Å²) < 4.78 is 10.2. The van der Waals surface area contributed by atoms with E-state index in [2.05, 4.69) is 4.99 Å². The van der Waals surface area contributed by atoms with Gasteiger partial charge in [-0.2, -0.15) is 0 Å². The number of nitrogens with two attached hydrogens (primary N) is 1. The fourth-order valence-corrected chi connectivity index (χ4v) is 1.91. The van der Waals surface area contributed by atoms with Crippen molar-refractivity contribution in [3.63, 3.8) is 0 Å². The molecule has 1 amide bonds. The molecule has 0 unspecified atom stereocenters. The molecule has 8 nitrogen and oxygen atoms in total. The highest BCUT2D eigenvalue weighted by Crippen LogP contribution is 2.28. The lowest BCUT2D eigenvalue weighted by Gasteiger charge is -2.21. The Kier molecular flexibility index (Phi) is 6.90. The summed E-state index contributed by atoms with van der Waals surface area (Å²) in [6.45, 7) is 0.0875. The quantitative estimate of drug-likeness (QED) is 0.256. The number of hydrogen-bond acceptors (Lipinski definition) is 6. The van der Waals surface area contributed by atoms with Gasteiger partial charge in [0.1, 0.15) is 12.1 Å². The average molecular weight is 291 g/mol. The minimum atomic E-state index is -2.38. The number of amidine groups is 1. The highest BCUT2D eigenvalue weighted by Gasteiger charge is 2.29. The first-order valence-corrected chi connectivity index (χ1v) is 6.82. The van der Waals surface area contributed by atoms with Crippen LogP contribution < -0.4 is 5.73 Å². The SMILES string of the molecule is CN=C(N)/C=C\N(C=O)[C@H]1CC[C@@H](COP(O)O)O1. The largest absolute Gasteiger partial charge is 0.384 e. The number of amides is 1. The van der Waals surface area contributed by atoms with Crippen LogP contribution in [-0.2, 0) is 14.1 Å². The van der Waals surface area contributed by atoms with E-state index in [1.165, 1.54) is 17.2 Å². The van der Waals surface area contributed by atoms with Gasteiger partial charge in [-0.25, -0.2) is 0 Å². The van der Waals surface area contributed by atoms with E-state index >= 15 is 0 Å². The third-order valence-corrected chi connectivity index (χ3v) is 2.97. The number of ether oxygens (including phenoxy) is 1. The third-order valence-electron chi connectivity index (χ3n) is 2.59. The smallest absolute Gasteiger partial charge is 0.327 e. The van der Waals surface area contributed by atoms with Crippen molar-refractivity contribution in [1.82, 2.24) is 4.90 Å². The van der Waals surface area contributed by atoms with Crippen molar-refractivity contribution < 1.29 is 23.8 Å². The molecular weight excluding hydrogens is 273 g/mol. The minimum Gasteiger partial charge on any atom is -0.384 e. The van der Waals surface area contributed by atoms with E-state index in [0.717, 1.165) is 0 Å². The van der Waals surface area contributed by atoms with Crippen LogP contribution in [0.3, 0.4) is 0 Å². The molecule has 1 heterocycles. The number of carbonyl (C=O) groups is 1. The second-order valence-corrected chi connectivity index (χ2v) is 4.62. The van der Waals surface area contributed by atoms with Gasteiger partial charge >= 0.3 is 8.60 Å². The molecule has 1 fully saturated rings. The zero-order valence-electron chi connectivity index (χ0n) is 10.5. The lowest BCUT2D eigenvalue weighted by molar-refractivity contribution is -0.127. The van der Waals surface area contributed by atoms with Crippen molar-refractivity contribution in [2.45, 2.75) is 25.2 Å². The summed E-state index contributed by atoms with van der Waals surface area (Å²) in [7, 11) is -0.829. The normalized spacial score (nSPS) is 24.3. The van der Waals surface area contributed by atoms with Crippen molar-refractivity contribution in [3.05, 3.63) is 12.3 Å². The molecule has 0 spiro atoms. The maximum absolute atomic E-state index is 11.0. The predicted octanol–water partition coefficient (Wildman–Crippen LogP) is -0.321. The Morgan fingerprint density at radius 3 is 2.95 bits per heavy atom. The summed E-state index contributed by atoms with van der Waals surface area (Å²) in [4.78, 5) is 33.3. The average Bonchev–Trinajstić information content (AvgIpc) is 2.85. The number of nitrogens with zero attached hydrogens (tertiary/aromatic N) is 2. The van der Waals surface area contributed by atoms with E-state index in [1.54, 1.807) is 7.05 Å². The van der Waals surface area contributed by atoms with Crippen LogP contribution in [0.4, 0.5) is 0 Å². The Morgan fingerprint density at radius 1 is 1.63 bits per heavy atom. The van der Waals surface area contributed by atoms with Crippen molar-refractivity contribution in [3.8, 4) is 0 Å². The van der Waals surface area contributed by atoms with Gasteiger partial charge in [0, 0.05) is 13.2 Å². The van der Waals surface area contributed by atoms with E-state index < -0.39 is 14.8 Å². The van der Waals surface area contributed by atoms with Crippen molar-refractivity contribution >= 4 is 20.8 Å². The summed E-state index contributed by atoms with van der Waals surface area (Å²) in [5.74, 6) is 0.302. The zero-order valence-corrected chi connectivity index (χ0v) is 11.4. The van der Waals surface area contributed by atoms with Gasteiger partial charge in [0.25, 0.3) is 0 Å². The molecule has 0 radical (unpaired) electrons. The minimum absolute atomic E-state index is 0.0875. The molecule has 0 aliphatic carbocycles. The van der Waals surface area contributed by atoms with Gasteiger partial charge in [-0.1, -0.05) is 0 Å². The van der Waals surface area contributed by atoms with Gasteiger partial charge in [-0.3, -0.25) is 14.7 Å². The van der Waals surface area contributed by atoms with Gasteiger partial charge in [-0.05, 0) is 18.9 Å². The van der Waals surface area contributed by atoms with Gasteiger partial charge in [0.05, 0.1) is 12.7 Å². The van der Waals surface area contributed by atoms with Gasteiger partial charge in [-0.15, -0.1) is 0 Å². The zero-order chi connectivity index (χ0) is 14.3. The molecule has 108 valence electrons. The van der Waals surface area contributed by atoms with E-state index in [4.69, 9.17) is 24.8 Å². The number of hydrogen-bond donors (Lipinski definition) is 3. The lowest BCUT2D eigenvalue weighted by Crippen LogP contribution is -2.30. The topological polar surface area (TPSA) is 118 Å². The summed E-state index contributed by atoms with van der Waals surface area (Å²) in [5.41, 5.74) is 5.49. The molecule has 19 heavy (non-hydrogen) atoms. The van der Waals surface area contributed by atoms with Crippen molar-refractivity contribution in [2.75, 3.05) is 13.7 Å². The first-order chi connectivity index (χ1) is 9.06. The van der Waals surface area contributed by atoms with Crippen LogP contribution in [0.15, 0.2) is 17.3 Å². The third kappa shape index (κ3) is 5.63. The van der Waals surface area contributed by atoms with E-state index in [9.17, 15) is 4.79 Å². The molecule has 0 bridgehead atoms. The van der Waals surface area contributed by atoms with Crippen LogP contribution in [0.25, 0.3) is 0 Å². The first kappa shape index (κ1) is 16.0. The van der Waals surface area contributed by atoms with Crippen LogP contribution in [0, 0.1) is 0 Å². The van der Waals surface area contributed by atoms with Crippen molar-refractivity contribution in [1.29, 1.82) is 0 Å². The summed E-state index contributed by atoms with van der Waals surface area (Å²) in [6, 6.07) is 0. The first-order valence-electron chi connectivity index (χ1n) is 5.66. The molecule has 9 heteroatoms. The number of carbonyl (C=O) groups excluding carboxylic acids is 1. The fraction of sp³-hybridized carbons (Fsp3) is 0.600. The molecule has 0 saturated carbocycles. The Bertz CT molecular complexity index is 350. The molecule has 1 rings (SSSR count). The second kappa shape index (κ2) is 8.19. The molecule has 0 aromatic carbocycles. The summed E-state index contributed by atoms with van der Waals surface area (Å²) in [5, 5.41) is 0. The van der Waals surface area contributed by atoms with E-state index in [-0.39, 0.29) is 12.7 Å². The highest BCUT2D eigenvalue weighted by atomic mass is 31.2. The second-order valence-electron chi connectivity index (χ2n) is 3.86. The van der Waals surface area contributed by atoms with E-state index in [1.807, 2.05) is 0 Å². The molecule has 0 aromatic heterocycles. The number of rotatable bonds is 7. The number of aliphatic imine (C=N–C) groups is 1. The Labute approximate surface area is 112 Å². The van der Waals surface area contributed by atoms with Gasteiger partial charge < -0.3 is 24.8 Å². The molecule has 1 aliphatic rings. The van der Waals surface area contributed by atoms with Crippen molar-refractivity contribution in [2.24, 2.45) is 10.7 Å². The molecule has 0 aromatic rings.